The maximum Gasteiger partial charge on any atom is 0.356 e. The van der Waals surface area contributed by atoms with E-state index in [1.807, 2.05) is 12.1 Å². The normalized spacial score (nSPS) is 10.5. The molecule has 0 saturated heterocycles. The fraction of sp³-hybridized carbons (Fsp3) is 0.250. The number of esters is 1. The number of hydrogen-bond acceptors (Lipinski definition) is 4. The molecule has 2 N–H and O–H groups in total. The molecule has 2 aromatic rings. The highest BCUT2D eigenvalue weighted by Gasteiger charge is 2.19. The fourth-order valence-electron chi connectivity index (χ4n) is 1.92. The van der Waals surface area contributed by atoms with Crippen molar-refractivity contribution in [1.82, 2.24) is 4.57 Å². The average molecular weight is 234 g/mol. The Balaban J connectivity index is 2.75. The molecule has 0 bridgehead atoms. The van der Waals surface area contributed by atoms with E-state index < -0.39 is 5.97 Å². The lowest BCUT2D eigenvalue weighted by Gasteiger charge is -2.03. The molecule has 0 aliphatic carbocycles. The molecule has 0 fully saturated rings. The van der Waals surface area contributed by atoms with Crippen molar-refractivity contribution in [3.05, 3.63) is 23.9 Å². The van der Waals surface area contributed by atoms with Gasteiger partial charge >= 0.3 is 5.97 Å². The van der Waals surface area contributed by atoms with Crippen LogP contribution in [0.1, 0.15) is 10.5 Å². The second kappa shape index (κ2) is 4.01. The van der Waals surface area contributed by atoms with E-state index in [-0.39, 0.29) is 0 Å². The third kappa shape index (κ3) is 1.60. The Morgan fingerprint density at radius 2 is 2.06 bits per heavy atom. The van der Waals surface area contributed by atoms with Crippen molar-refractivity contribution in [1.29, 1.82) is 0 Å². The van der Waals surface area contributed by atoms with Crippen molar-refractivity contribution >= 4 is 22.6 Å². The SMILES string of the molecule is COC(=O)c1c(N)c2ccc(OC)cc2n1C. The van der Waals surface area contributed by atoms with Crippen LogP contribution in [0.15, 0.2) is 18.2 Å². The summed E-state index contributed by atoms with van der Waals surface area (Å²) in [6, 6.07) is 5.47. The minimum absolute atomic E-state index is 0.357. The number of benzene rings is 1. The zero-order valence-corrected chi connectivity index (χ0v) is 9.98. The number of carbonyl (C=O) groups is 1. The molecule has 0 saturated carbocycles. The minimum atomic E-state index is -0.444. The van der Waals surface area contributed by atoms with Crippen molar-refractivity contribution in [2.75, 3.05) is 20.0 Å². The first-order valence-electron chi connectivity index (χ1n) is 5.10. The van der Waals surface area contributed by atoms with Crippen LogP contribution in [0.25, 0.3) is 10.9 Å². The van der Waals surface area contributed by atoms with E-state index >= 15 is 0 Å². The number of aromatic nitrogens is 1. The summed E-state index contributed by atoms with van der Waals surface area (Å²) in [4.78, 5) is 11.6. The summed E-state index contributed by atoms with van der Waals surface area (Å²) in [5.41, 5.74) is 7.57. The van der Waals surface area contributed by atoms with Gasteiger partial charge in [0, 0.05) is 18.5 Å². The number of nitrogen functional groups attached to an aromatic ring is 1. The summed E-state index contributed by atoms with van der Waals surface area (Å²) >= 11 is 0. The van der Waals surface area contributed by atoms with Gasteiger partial charge < -0.3 is 19.8 Å². The third-order valence-corrected chi connectivity index (χ3v) is 2.83. The molecule has 0 unspecified atom stereocenters. The van der Waals surface area contributed by atoms with Crippen LogP contribution in [0.4, 0.5) is 5.69 Å². The Hall–Kier alpha value is -2.17. The summed E-state index contributed by atoms with van der Waals surface area (Å²) in [6.45, 7) is 0. The van der Waals surface area contributed by atoms with Gasteiger partial charge in [0.05, 0.1) is 25.4 Å². The van der Waals surface area contributed by atoms with Gasteiger partial charge in [-0.2, -0.15) is 0 Å². The first-order valence-corrected chi connectivity index (χ1v) is 5.10. The van der Waals surface area contributed by atoms with Crippen LogP contribution >= 0.6 is 0 Å². The van der Waals surface area contributed by atoms with Crippen molar-refractivity contribution in [2.24, 2.45) is 7.05 Å². The van der Waals surface area contributed by atoms with Crippen LogP contribution in [-0.4, -0.2) is 24.8 Å². The Labute approximate surface area is 98.7 Å². The van der Waals surface area contributed by atoms with Crippen LogP contribution in [0.3, 0.4) is 0 Å². The van der Waals surface area contributed by atoms with Gasteiger partial charge in [-0.15, -0.1) is 0 Å². The zero-order valence-electron chi connectivity index (χ0n) is 9.98. The van der Waals surface area contributed by atoms with Gasteiger partial charge in [-0.1, -0.05) is 0 Å². The quantitative estimate of drug-likeness (QED) is 0.801. The Bertz CT molecular complexity index is 587. The molecule has 0 atom stereocenters. The van der Waals surface area contributed by atoms with Crippen LogP contribution in [0.5, 0.6) is 5.75 Å². The van der Waals surface area contributed by atoms with Crippen LogP contribution in [0.2, 0.25) is 0 Å². The van der Waals surface area contributed by atoms with Crippen LogP contribution < -0.4 is 10.5 Å². The summed E-state index contributed by atoms with van der Waals surface area (Å²) in [7, 11) is 4.69. The Morgan fingerprint density at radius 3 is 2.65 bits per heavy atom. The molecule has 1 aromatic heterocycles. The molecular formula is C12H14N2O3. The number of nitrogens with zero attached hydrogens (tertiary/aromatic N) is 1. The molecule has 1 heterocycles. The first kappa shape index (κ1) is 11.3. The number of fused-ring (bicyclic) bond motifs is 1. The van der Waals surface area contributed by atoms with Crippen LogP contribution in [-0.2, 0) is 11.8 Å². The van der Waals surface area contributed by atoms with Gasteiger partial charge in [-0.3, -0.25) is 0 Å². The number of methoxy groups -OCH3 is 2. The van der Waals surface area contributed by atoms with Gasteiger partial charge in [-0.05, 0) is 12.1 Å². The fourth-order valence-corrected chi connectivity index (χ4v) is 1.92. The largest absolute Gasteiger partial charge is 0.497 e. The lowest BCUT2D eigenvalue weighted by Crippen LogP contribution is -2.09. The summed E-state index contributed by atoms with van der Waals surface area (Å²) in [6.07, 6.45) is 0. The molecule has 90 valence electrons. The third-order valence-electron chi connectivity index (χ3n) is 2.83. The number of anilines is 1. The minimum Gasteiger partial charge on any atom is -0.497 e. The second-order valence-corrected chi connectivity index (χ2v) is 3.70. The average Bonchev–Trinajstić information content (AvgIpc) is 2.60. The van der Waals surface area contributed by atoms with Crippen LogP contribution in [0, 0.1) is 0 Å². The Morgan fingerprint density at radius 1 is 1.35 bits per heavy atom. The molecule has 0 amide bonds. The highest BCUT2D eigenvalue weighted by Crippen LogP contribution is 2.30. The lowest BCUT2D eigenvalue weighted by molar-refractivity contribution is 0.0592. The van der Waals surface area contributed by atoms with Crippen molar-refractivity contribution in [3.63, 3.8) is 0 Å². The van der Waals surface area contributed by atoms with Crippen molar-refractivity contribution in [2.45, 2.75) is 0 Å². The van der Waals surface area contributed by atoms with Crippen molar-refractivity contribution in [3.8, 4) is 5.75 Å². The molecule has 1 aromatic carbocycles. The molecule has 0 aliphatic rings. The number of ether oxygens (including phenoxy) is 2. The summed E-state index contributed by atoms with van der Waals surface area (Å²) < 4.78 is 11.6. The predicted molar refractivity (Wildman–Crippen MR) is 65.2 cm³/mol. The Kier molecular flexibility index (Phi) is 2.67. The molecule has 0 radical (unpaired) electrons. The smallest absolute Gasteiger partial charge is 0.356 e. The summed E-state index contributed by atoms with van der Waals surface area (Å²) in [5.74, 6) is 0.273. The molecule has 0 aliphatic heterocycles. The molecule has 5 heteroatoms. The highest BCUT2D eigenvalue weighted by molar-refractivity contribution is 6.06. The highest BCUT2D eigenvalue weighted by atomic mass is 16.5. The number of rotatable bonds is 2. The van der Waals surface area contributed by atoms with Gasteiger partial charge in [0.25, 0.3) is 0 Å². The van der Waals surface area contributed by atoms with E-state index in [0.29, 0.717) is 11.4 Å². The molecule has 5 nitrogen and oxygen atoms in total. The topological polar surface area (TPSA) is 66.5 Å². The molecule has 0 spiro atoms. The zero-order chi connectivity index (χ0) is 12.6. The molecule has 17 heavy (non-hydrogen) atoms. The summed E-state index contributed by atoms with van der Waals surface area (Å²) in [5, 5.41) is 0.814. The predicted octanol–water partition coefficient (Wildman–Crippen LogP) is 1.56. The number of aryl methyl sites for hydroxylation is 1. The number of nitrogens with two attached hydrogens (primary N) is 1. The standard InChI is InChI=1S/C12H14N2O3/c1-14-9-6-7(16-2)4-5-8(9)10(13)11(14)12(15)17-3/h4-6H,13H2,1-3H3. The van der Waals surface area contributed by atoms with Gasteiger partial charge in [-0.25, -0.2) is 4.79 Å². The number of hydrogen-bond donors (Lipinski definition) is 1. The van der Waals surface area contributed by atoms with E-state index in [9.17, 15) is 4.79 Å². The van der Waals surface area contributed by atoms with Crippen molar-refractivity contribution < 1.29 is 14.3 Å². The molecular weight excluding hydrogens is 220 g/mol. The maximum absolute atomic E-state index is 11.6. The van der Waals surface area contributed by atoms with Gasteiger partial charge in [0.2, 0.25) is 0 Å². The second-order valence-electron chi connectivity index (χ2n) is 3.70. The van der Waals surface area contributed by atoms with E-state index in [1.54, 1.807) is 24.8 Å². The van der Waals surface area contributed by atoms with E-state index in [2.05, 4.69) is 0 Å². The van der Waals surface area contributed by atoms with Gasteiger partial charge in [0.1, 0.15) is 5.75 Å². The van der Waals surface area contributed by atoms with E-state index in [4.69, 9.17) is 15.2 Å². The lowest BCUT2D eigenvalue weighted by atomic mass is 10.2. The first-order chi connectivity index (χ1) is 8.10. The number of carbonyl (C=O) groups excluding carboxylic acids is 1. The maximum atomic E-state index is 11.6. The van der Waals surface area contributed by atoms with E-state index in [0.717, 1.165) is 16.7 Å². The van der Waals surface area contributed by atoms with E-state index in [1.165, 1.54) is 7.11 Å². The van der Waals surface area contributed by atoms with Gasteiger partial charge in [0.15, 0.2) is 5.69 Å². The monoisotopic (exact) mass is 234 g/mol. The molecule has 2 rings (SSSR count).